The fourth-order valence-corrected chi connectivity index (χ4v) is 3.60. The molecule has 0 fully saturated rings. The number of nitrogens with one attached hydrogen (secondary N) is 2. The molecule has 0 amide bonds. The highest BCUT2D eigenvalue weighted by Gasteiger charge is 2.22. The van der Waals surface area contributed by atoms with Crippen molar-refractivity contribution < 1.29 is 17.9 Å². The van der Waals surface area contributed by atoms with Gasteiger partial charge in [0.25, 0.3) is 10.0 Å². The largest absolute Gasteiger partial charge is 0.459 e. The van der Waals surface area contributed by atoms with Crippen molar-refractivity contribution >= 4 is 39.0 Å². The highest BCUT2D eigenvalue weighted by molar-refractivity contribution is 7.92. The van der Waals surface area contributed by atoms with E-state index < -0.39 is 16.0 Å². The maximum Gasteiger partial charge on any atom is 0.338 e. The second kappa shape index (κ2) is 8.92. The Morgan fingerprint density at radius 3 is 2.48 bits per heavy atom. The third-order valence-corrected chi connectivity index (χ3v) is 5.06. The Bertz CT molecular complexity index is 925. The topological polar surface area (TPSA) is 84.5 Å². The van der Waals surface area contributed by atoms with Crippen LogP contribution in [0.5, 0.6) is 0 Å². The number of hydrogen-bond acceptors (Lipinski definition) is 5. The van der Waals surface area contributed by atoms with Crippen LogP contribution in [0.2, 0.25) is 5.02 Å². The van der Waals surface area contributed by atoms with E-state index >= 15 is 0 Å². The van der Waals surface area contributed by atoms with Gasteiger partial charge in [-0.15, -0.1) is 6.58 Å². The van der Waals surface area contributed by atoms with Crippen LogP contribution >= 0.6 is 11.6 Å². The second-order valence-corrected chi connectivity index (χ2v) is 8.03. The Balaban J connectivity index is 2.43. The molecule has 0 aliphatic rings. The zero-order chi connectivity index (χ0) is 20.0. The first-order chi connectivity index (χ1) is 12.7. The highest BCUT2D eigenvalue weighted by atomic mass is 35.5. The first-order valence-corrected chi connectivity index (χ1v) is 10.1. The van der Waals surface area contributed by atoms with Crippen LogP contribution in [0.15, 0.2) is 60.0 Å². The monoisotopic (exact) mass is 408 g/mol. The quantitative estimate of drug-likeness (QED) is 0.502. The zero-order valence-electron chi connectivity index (χ0n) is 15.0. The van der Waals surface area contributed by atoms with E-state index in [2.05, 4.69) is 16.6 Å². The molecular weight excluding hydrogens is 388 g/mol. The molecule has 27 heavy (non-hydrogen) atoms. The van der Waals surface area contributed by atoms with Gasteiger partial charge in [-0.25, -0.2) is 13.2 Å². The van der Waals surface area contributed by atoms with Gasteiger partial charge in [-0.1, -0.05) is 17.7 Å². The number of rotatable bonds is 8. The van der Waals surface area contributed by atoms with Gasteiger partial charge in [-0.2, -0.15) is 0 Å². The van der Waals surface area contributed by atoms with Gasteiger partial charge in [-0.3, -0.25) is 4.72 Å². The predicted molar refractivity (Wildman–Crippen MR) is 108 cm³/mol. The van der Waals surface area contributed by atoms with Crippen LogP contribution in [-0.4, -0.2) is 27.0 Å². The van der Waals surface area contributed by atoms with E-state index in [0.717, 1.165) is 0 Å². The summed E-state index contributed by atoms with van der Waals surface area (Å²) in [6.07, 6.45) is 1.28. The van der Waals surface area contributed by atoms with Gasteiger partial charge in [0.05, 0.1) is 17.4 Å². The second-order valence-electron chi connectivity index (χ2n) is 5.95. The summed E-state index contributed by atoms with van der Waals surface area (Å²) in [5, 5.41) is 3.45. The number of hydrogen-bond donors (Lipinski definition) is 2. The van der Waals surface area contributed by atoms with Gasteiger partial charge in [0.2, 0.25) is 0 Å². The molecule has 0 bridgehead atoms. The molecule has 2 aromatic carbocycles. The Hall–Kier alpha value is -2.51. The molecule has 6 nitrogen and oxygen atoms in total. The van der Waals surface area contributed by atoms with E-state index in [4.69, 9.17) is 16.3 Å². The fourth-order valence-electron chi connectivity index (χ4n) is 2.21. The lowest BCUT2D eigenvalue weighted by Crippen LogP contribution is -2.17. The summed E-state index contributed by atoms with van der Waals surface area (Å²) < 4.78 is 33.4. The number of benzene rings is 2. The smallest absolute Gasteiger partial charge is 0.338 e. The molecule has 0 aromatic heterocycles. The lowest BCUT2D eigenvalue weighted by atomic mass is 10.2. The number of halogens is 1. The van der Waals surface area contributed by atoms with Gasteiger partial charge in [-0.05, 0) is 56.3 Å². The van der Waals surface area contributed by atoms with Crippen molar-refractivity contribution in [1.82, 2.24) is 0 Å². The van der Waals surface area contributed by atoms with Gasteiger partial charge < -0.3 is 10.1 Å². The van der Waals surface area contributed by atoms with Crippen molar-refractivity contribution in [3.63, 3.8) is 0 Å². The minimum absolute atomic E-state index is 0.0718. The molecule has 2 rings (SSSR count). The number of esters is 1. The van der Waals surface area contributed by atoms with E-state index in [1.807, 2.05) is 0 Å². The van der Waals surface area contributed by atoms with Gasteiger partial charge >= 0.3 is 5.97 Å². The number of sulfonamides is 1. The molecule has 2 aromatic rings. The van der Waals surface area contributed by atoms with Crippen molar-refractivity contribution in [1.29, 1.82) is 0 Å². The van der Waals surface area contributed by atoms with Crippen LogP contribution in [0.4, 0.5) is 11.4 Å². The third-order valence-electron chi connectivity index (χ3n) is 3.38. The van der Waals surface area contributed by atoms with Gasteiger partial charge in [0, 0.05) is 17.3 Å². The van der Waals surface area contributed by atoms with Crippen LogP contribution in [0, 0.1) is 0 Å². The first-order valence-electron chi connectivity index (χ1n) is 8.21. The van der Waals surface area contributed by atoms with Crippen LogP contribution in [-0.2, 0) is 14.8 Å². The summed E-state index contributed by atoms with van der Waals surface area (Å²) in [5.41, 5.74) is 0.839. The first kappa shape index (κ1) is 20.8. The average molecular weight is 409 g/mol. The van der Waals surface area contributed by atoms with Crippen molar-refractivity contribution in [3.05, 3.63) is 65.7 Å². The van der Waals surface area contributed by atoms with E-state index in [1.165, 1.54) is 18.2 Å². The molecule has 0 radical (unpaired) electrons. The molecule has 8 heteroatoms. The molecule has 0 saturated heterocycles. The fraction of sp³-hybridized carbons (Fsp3) is 0.211. The lowest BCUT2D eigenvalue weighted by molar-refractivity contribution is 0.0377. The molecule has 2 N–H and O–H groups in total. The van der Waals surface area contributed by atoms with E-state index in [0.29, 0.717) is 22.9 Å². The molecule has 0 unspecified atom stereocenters. The van der Waals surface area contributed by atoms with E-state index in [-0.39, 0.29) is 16.6 Å². The van der Waals surface area contributed by atoms with Crippen LogP contribution in [0.3, 0.4) is 0 Å². The van der Waals surface area contributed by atoms with Crippen molar-refractivity contribution in [3.8, 4) is 0 Å². The Kier molecular flexibility index (Phi) is 6.87. The minimum atomic E-state index is -3.97. The zero-order valence-corrected chi connectivity index (χ0v) is 16.6. The van der Waals surface area contributed by atoms with Crippen LogP contribution in [0.25, 0.3) is 0 Å². The molecule has 0 atom stereocenters. The Labute approximate surface area is 164 Å². The van der Waals surface area contributed by atoms with Crippen molar-refractivity contribution in [2.45, 2.75) is 24.8 Å². The maximum absolute atomic E-state index is 12.9. The number of carbonyl (C=O) groups is 1. The maximum atomic E-state index is 12.9. The summed E-state index contributed by atoms with van der Waals surface area (Å²) in [4.78, 5) is 12.1. The lowest BCUT2D eigenvalue weighted by Gasteiger charge is -2.15. The average Bonchev–Trinajstić information content (AvgIpc) is 2.61. The SMILES string of the molecule is C=CCNc1ccc(C(=O)OC(C)C)cc1S(=O)(=O)Nc1ccc(Cl)cc1. The number of anilines is 2. The Morgan fingerprint density at radius 1 is 1.22 bits per heavy atom. The predicted octanol–water partition coefficient (Wildman–Crippen LogP) is 4.30. The van der Waals surface area contributed by atoms with Crippen LogP contribution in [0.1, 0.15) is 24.2 Å². The summed E-state index contributed by atoms with van der Waals surface area (Å²) in [7, 11) is -3.97. The van der Waals surface area contributed by atoms with Crippen LogP contribution < -0.4 is 10.0 Å². The molecule has 0 heterocycles. The molecule has 0 spiro atoms. The van der Waals surface area contributed by atoms with E-state index in [1.54, 1.807) is 44.2 Å². The summed E-state index contributed by atoms with van der Waals surface area (Å²) in [6.45, 7) is 7.41. The summed E-state index contributed by atoms with van der Waals surface area (Å²) in [6, 6.07) is 10.6. The van der Waals surface area contributed by atoms with E-state index in [9.17, 15) is 13.2 Å². The standard InChI is InChI=1S/C19H21ClN2O4S/c1-4-11-21-17-10-5-14(19(23)26-13(2)3)12-18(17)27(24,25)22-16-8-6-15(20)7-9-16/h4-10,12-13,21-22H,1,11H2,2-3H3. The Morgan fingerprint density at radius 2 is 1.89 bits per heavy atom. The van der Waals surface area contributed by atoms with Gasteiger partial charge in [0.1, 0.15) is 4.90 Å². The summed E-state index contributed by atoms with van der Waals surface area (Å²) in [5.74, 6) is -0.594. The summed E-state index contributed by atoms with van der Waals surface area (Å²) >= 11 is 5.83. The molecule has 144 valence electrons. The minimum Gasteiger partial charge on any atom is -0.459 e. The molecule has 0 aliphatic carbocycles. The number of carbonyl (C=O) groups excluding carboxylic acids is 1. The third kappa shape index (κ3) is 5.74. The highest BCUT2D eigenvalue weighted by Crippen LogP contribution is 2.26. The molecule has 0 aliphatic heterocycles. The van der Waals surface area contributed by atoms with Gasteiger partial charge in [0.15, 0.2) is 0 Å². The van der Waals surface area contributed by atoms with Crippen molar-refractivity contribution in [2.75, 3.05) is 16.6 Å². The number of ether oxygens (including phenoxy) is 1. The van der Waals surface area contributed by atoms with Crippen molar-refractivity contribution in [2.24, 2.45) is 0 Å². The molecule has 0 saturated carbocycles. The normalized spacial score (nSPS) is 11.1. The molecular formula is C19H21ClN2O4S.